The maximum Gasteiger partial charge on any atom is 0.305 e. The van der Waals surface area contributed by atoms with Gasteiger partial charge in [0.15, 0.2) is 0 Å². The minimum Gasteiger partial charge on any atom is -0.481 e. The number of fused-ring (bicyclic) bond motifs is 1. The average molecular weight is 349 g/mol. The first-order valence-corrected chi connectivity index (χ1v) is 8.88. The van der Waals surface area contributed by atoms with Gasteiger partial charge in [-0.1, -0.05) is 12.1 Å². The molecular weight excluding hydrogens is 330 g/mol. The van der Waals surface area contributed by atoms with Crippen molar-refractivity contribution < 1.29 is 14.7 Å². The van der Waals surface area contributed by atoms with Gasteiger partial charge in [0.05, 0.1) is 23.7 Å². The van der Waals surface area contributed by atoms with Crippen LogP contribution in [0.5, 0.6) is 0 Å². The van der Waals surface area contributed by atoms with E-state index in [0.29, 0.717) is 23.1 Å². The Labute approximate surface area is 143 Å². The third-order valence-electron chi connectivity index (χ3n) is 3.56. The second kappa shape index (κ2) is 8.49. The Morgan fingerprint density at radius 3 is 2.83 bits per heavy atom. The molecular formula is C16H19N3O4S. The number of thioether (sulfide) groups is 1. The van der Waals surface area contributed by atoms with Crippen molar-refractivity contribution in [1.82, 2.24) is 14.9 Å². The first-order valence-electron chi connectivity index (χ1n) is 7.49. The lowest BCUT2D eigenvalue weighted by molar-refractivity contribution is -0.137. The molecule has 2 N–H and O–H groups in total. The van der Waals surface area contributed by atoms with E-state index in [4.69, 9.17) is 5.11 Å². The van der Waals surface area contributed by atoms with Gasteiger partial charge < -0.3 is 10.4 Å². The fourth-order valence-electron chi connectivity index (χ4n) is 2.34. The largest absolute Gasteiger partial charge is 0.481 e. The topological polar surface area (TPSA) is 101 Å². The Morgan fingerprint density at radius 2 is 2.12 bits per heavy atom. The van der Waals surface area contributed by atoms with Crippen LogP contribution in [0.1, 0.15) is 18.9 Å². The zero-order chi connectivity index (χ0) is 17.5. The van der Waals surface area contributed by atoms with Crippen molar-refractivity contribution in [2.24, 2.45) is 0 Å². The Balaban J connectivity index is 2.30. The van der Waals surface area contributed by atoms with Crippen LogP contribution in [0, 0.1) is 0 Å². The maximum absolute atomic E-state index is 12.7. The molecule has 0 fully saturated rings. The fraction of sp³-hybridized carbons (Fsp3) is 0.375. The molecule has 0 aliphatic heterocycles. The molecule has 0 aliphatic carbocycles. The van der Waals surface area contributed by atoms with Crippen molar-refractivity contribution in [2.75, 3.05) is 18.6 Å². The summed E-state index contributed by atoms with van der Waals surface area (Å²) in [7, 11) is 0. The number of carboxylic acid groups (broad SMARTS) is 1. The van der Waals surface area contributed by atoms with Crippen molar-refractivity contribution in [3.63, 3.8) is 0 Å². The highest BCUT2D eigenvalue weighted by molar-refractivity contribution is 7.98. The standard InChI is InChI=1S/C16H19N3O4S/c1-24-9-7-13(15(22)17-8-6-14(20)21)19-10-18-12-5-3-2-4-11(12)16(19)23/h2-5,10,13H,6-9H2,1H3,(H,17,22)(H,20,21)/t13-/m1/s1. The molecule has 0 saturated carbocycles. The van der Waals surface area contributed by atoms with E-state index in [0.717, 1.165) is 0 Å². The molecule has 1 aromatic heterocycles. The summed E-state index contributed by atoms with van der Waals surface area (Å²) in [5.74, 6) is -0.666. The summed E-state index contributed by atoms with van der Waals surface area (Å²) in [5, 5.41) is 11.7. The molecule has 8 heteroatoms. The highest BCUT2D eigenvalue weighted by Crippen LogP contribution is 2.14. The lowest BCUT2D eigenvalue weighted by Crippen LogP contribution is -2.38. The van der Waals surface area contributed by atoms with E-state index in [1.165, 1.54) is 10.9 Å². The number of aliphatic carboxylic acids is 1. The van der Waals surface area contributed by atoms with Crippen LogP contribution in [-0.4, -0.2) is 45.1 Å². The van der Waals surface area contributed by atoms with Crippen LogP contribution >= 0.6 is 11.8 Å². The number of rotatable bonds is 8. The summed E-state index contributed by atoms with van der Waals surface area (Å²) in [5.41, 5.74) is 0.300. The molecule has 1 amide bonds. The quantitative estimate of drug-likeness (QED) is 0.744. The first kappa shape index (κ1) is 18.0. The number of benzene rings is 1. The van der Waals surface area contributed by atoms with E-state index < -0.39 is 12.0 Å². The van der Waals surface area contributed by atoms with E-state index in [1.54, 1.807) is 36.0 Å². The lowest BCUT2D eigenvalue weighted by atomic mass is 10.2. The number of carboxylic acids is 1. The predicted molar refractivity (Wildman–Crippen MR) is 93.3 cm³/mol. The molecule has 128 valence electrons. The van der Waals surface area contributed by atoms with Gasteiger partial charge in [-0.3, -0.25) is 19.0 Å². The van der Waals surface area contributed by atoms with Gasteiger partial charge in [0.1, 0.15) is 6.04 Å². The van der Waals surface area contributed by atoms with Crippen LogP contribution in [-0.2, 0) is 9.59 Å². The van der Waals surface area contributed by atoms with Gasteiger partial charge in [-0.2, -0.15) is 11.8 Å². The third-order valence-corrected chi connectivity index (χ3v) is 4.21. The summed E-state index contributed by atoms with van der Waals surface area (Å²) >= 11 is 1.57. The Morgan fingerprint density at radius 1 is 1.38 bits per heavy atom. The van der Waals surface area contributed by atoms with Gasteiger partial charge in [-0.05, 0) is 30.6 Å². The van der Waals surface area contributed by atoms with Gasteiger partial charge in [-0.15, -0.1) is 0 Å². The number of para-hydroxylation sites is 1. The van der Waals surface area contributed by atoms with E-state index >= 15 is 0 Å². The van der Waals surface area contributed by atoms with Crippen molar-refractivity contribution >= 4 is 34.5 Å². The normalized spacial score (nSPS) is 12.0. The van der Waals surface area contributed by atoms with E-state index in [2.05, 4.69) is 10.3 Å². The molecule has 24 heavy (non-hydrogen) atoms. The second-order valence-electron chi connectivity index (χ2n) is 5.21. The maximum atomic E-state index is 12.7. The van der Waals surface area contributed by atoms with E-state index in [1.807, 2.05) is 6.26 Å². The number of hydrogen-bond acceptors (Lipinski definition) is 5. The highest BCUT2D eigenvalue weighted by Gasteiger charge is 2.22. The Hall–Kier alpha value is -2.35. The molecule has 1 atom stereocenters. The molecule has 0 aliphatic rings. The van der Waals surface area contributed by atoms with Crippen LogP contribution in [0.4, 0.5) is 0 Å². The molecule has 2 rings (SSSR count). The van der Waals surface area contributed by atoms with Crippen molar-refractivity contribution in [3.8, 4) is 0 Å². The van der Waals surface area contributed by atoms with Crippen molar-refractivity contribution in [2.45, 2.75) is 18.9 Å². The van der Waals surface area contributed by atoms with E-state index in [9.17, 15) is 14.4 Å². The van der Waals surface area contributed by atoms with Crippen LogP contribution < -0.4 is 10.9 Å². The predicted octanol–water partition coefficient (Wildman–Crippen LogP) is 1.28. The number of nitrogens with one attached hydrogen (secondary N) is 1. The minimum absolute atomic E-state index is 0.0275. The zero-order valence-corrected chi connectivity index (χ0v) is 14.1. The summed E-state index contributed by atoms with van der Waals surface area (Å²) in [6.07, 6.45) is 3.60. The summed E-state index contributed by atoms with van der Waals surface area (Å²) in [6.45, 7) is 0.0275. The minimum atomic E-state index is -0.986. The van der Waals surface area contributed by atoms with Crippen molar-refractivity contribution in [1.29, 1.82) is 0 Å². The molecule has 7 nitrogen and oxygen atoms in total. The molecule has 1 heterocycles. The molecule has 0 radical (unpaired) electrons. The number of carbonyl (C=O) groups is 2. The highest BCUT2D eigenvalue weighted by atomic mass is 32.2. The Bertz CT molecular complexity index is 790. The van der Waals surface area contributed by atoms with Crippen molar-refractivity contribution in [3.05, 3.63) is 40.9 Å². The SMILES string of the molecule is CSCC[C@H](C(=O)NCCC(=O)O)n1cnc2ccccc2c1=O. The Kier molecular flexibility index (Phi) is 6.36. The molecule has 0 bridgehead atoms. The number of carbonyl (C=O) groups excluding carboxylic acids is 1. The molecule has 0 saturated heterocycles. The van der Waals surface area contributed by atoms with Crippen LogP contribution in [0.2, 0.25) is 0 Å². The number of nitrogens with zero attached hydrogens (tertiary/aromatic N) is 2. The average Bonchev–Trinajstić information content (AvgIpc) is 2.57. The summed E-state index contributed by atoms with van der Waals surface area (Å²) in [4.78, 5) is 39.9. The van der Waals surface area contributed by atoms with Crippen LogP contribution in [0.3, 0.4) is 0 Å². The molecule has 2 aromatic rings. The second-order valence-corrected chi connectivity index (χ2v) is 6.19. The molecule has 0 unspecified atom stereocenters. The third kappa shape index (κ3) is 4.35. The summed E-state index contributed by atoms with van der Waals surface area (Å²) in [6, 6.07) is 6.25. The van der Waals surface area contributed by atoms with E-state index in [-0.39, 0.29) is 24.4 Å². The van der Waals surface area contributed by atoms with Gasteiger partial charge >= 0.3 is 5.97 Å². The lowest BCUT2D eigenvalue weighted by Gasteiger charge is -2.19. The summed E-state index contributed by atoms with van der Waals surface area (Å²) < 4.78 is 1.33. The number of aromatic nitrogens is 2. The fourth-order valence-corrected chi connectivity index (χ4v) is 2.80. The van der Waals surface area contributed by atoms with Gasteiger partial charge in [0.2, 0.25) is 5.91 Å². The van der Waals surface area contributed by atoms with Crippen LogP contribution in [0.25, 0.3) is 10.9 Å². The monoisotopic (exact) mass is 349 g/mol. The molecule has 0 spiro atoms. The number of amides is 1. The molecule has 1 aromatic carbocycles. The zero-order valence-electron chi connectivity index (χ0n) is 13.3. The van der Waals surface area contributed by atoms with Gasteiger partial charge in [-0.25, -0.2) is 4.98 Å². The number of hydrogen-bond donors (Lipinski definition) is 2. The van der Waals surface area contributed by atoms with Crippen LogP contribution in [0.15, 0.2) is 35.4 Å². The van der Waals surface area contributed by atoms with Gasteiger partial charge in [0.25, 0.3) is 5.56 Å². The first-order chi connectivity index (χ1) is 11.5. The van der Waals surface area contributed by atoms with Gasteiger partial charge in [0, 0.05) is 6.54 Å². The smallest absolute Gasteiger partial charge is 0.305 e.